The summed E-state index contributed by atoms with van der Waals surface area (Å²) >= 11 is 5.89. The molecule has 1 unspecified atom stereocenters. The summed E-state index contributed by atoms with van der Waals surface area (Å²) in [4.78, 5) is 0. The molecule has 0 fully saturated rings. The Morgan fingerprint density at radius 2 is 2.27 bits per heavy atom. The number of hydrogen-bond acceptors (Lipinski definition) is 2. The molecule has 0 amide bonds. The Kier molecular flexibility index (Phi) is 5.69. The molecule has 3 heteroatoms. The van der Waals surface area contributed by atoms with Crippen molar-refractivity contribution in [2.24, 2.45) is 0 Å². The fourth-order valence-corrected chi connectivity index (χ4v) is 1.60. The lowest BCUT2D eigenvalue weighted by Gasteiger charge is -2.15. The highest BCUT2D eigenvalue weighted by Gasteiger charge is 2.05. The third-order valence-corrected chi connectivity index (χ3v) is 2.50. The van der Waals surface area contributed by atoms with Gasteiger partial charge in [-0.25, -0.2) is 0 Å². The van der Waals surface area contributed by atoms with Crippen molar-refractivity contribution < 1.29 is 4.74 Å². The maximum atomic E-state index is 5.89. The van der Waals surface area contributed by atoms with Crippen molar-refractivity contribution >= 4 is 11.6 Å². The van der Waals surface area contributed by atoms with Crippen LogP contribution in [0.3, 0.4) is 0 Å². The zero-order chi connectivity index (χ0) is 11.1. The van der Waals surface area contributed by atoms with Crippen LogP contribution in [-0.4, -0.2) is 19.7 Å². The smallest absolute Gasteiger partial charge is 0.0721 e. The van der Waals surface area contributed by atoms with Gasteiger partial charge in [0.15, 0.2) is 0 Å². The Morgan fingerprint density at radius 1 is 1.47 bits per heavy atom. The number of halogens is 1. The van der Waals surface area contributed by atoms with Crippen LogP contribution in [0.2, 0.25) is 5.02 Å². The molecule has 0 aromatic heterocycles. The van der Waals surface area contributed by atoms with Gasteiger partial charge < -0.3 is 10.1 Å². The van der Waals surface area contributed by atoms with Crippen molar-refractivity contribution in [1.82, 2.24) is 5.32 Å². The summed E-state index contributed by atoms with van der Waals surface area (Å²) in [7, 11) is 1.94. The van der Waals surface area contributed by atoms with E-state index in [9.17, 15) is 0 Å². The van der Waals surface area contributed by atoms with E-state index < -0.39 is 0 Å². The lowest BCUT2D eigenvalue weighted by molar-refractivity contribution is 0.0396. The van der Waals surface area contributed by atoms with Crippen LogP contribution < -0.4 is 5.32 Å². The number of nitrogens with one attached hydrogen (secondary N) is 1. The average molecular weight is 228 g/mol. The highest BCUT2D eigenvalue weighted by atomic mass is 35.5. The van der Waals surface area contributed by atoms with Crippen LogP contribution in [0.25, 0.3) is 0 Å². The zero-order valence-corrected chi connectivity index (χ0v) is 10.1. The molecule has 0 bridgehead atoms. The Bertz CT molecular complexity index is 291. The molecule has 1 N–H and O–H groups in total. The maximum absolute atomic E-state index is 5.89. The molecule has 0 saturated heterocycles. The normalized spacial score (nSPS) is 12.7. The zero-order valence-electron chi connectivity index (χ0n) is 9.29. The van der Waals surface area contributed by atoms with Gasteiger partial charge in [-0.3, -0.25) is 0 Å². The van der Waals surface area contributed by atoms with Gasteiger partial charge in [-0.1, -0.05) is 30.7 Å². The highest BCUT2D eigenvalue weighted by molar-refractivity contribution is 6.30. The second-order valence-corrected chi connectivity index (χ2v) is 3.97. The number of rotatable bonds is 6. The minimum Gasteiger partial charge on any atom is -0.372 e. The largest absolute Gasteiger partial charge is 0.372 e. The van der Waals surface area contributed by atoms with Crippen LogP contribution in [0.4, 0.5) is 0 Å². The van der Waals surface area contributed by atoms with Crippen molar-refractivity contribution in [1.29, 1.82) is 0 Å². The second-order valence-electron chi connectivity index (χ2n) is 3.53. The number of hydrogen-bond donors (Lipinski definition) is 1. The van der Waals surface area contributed by atoms with Crippen LogP contribution in [0.1, 0.15) is 18.9 Å². The van der Waals surface area contributed by atoms with Crippen molar-refractivity contribution in [3.05, 3.63) is 34.9 Å². The number of likely N-dealkylation sites (N-methyl/N-ethyl adjacent to an activating group) is 1. The molecule has 0 heterocycles. The third-order valence-electron chi connectivity index (χ3n) is 2.26. The van der Waals surface area contributed by atoms with E-state index in [1.165, 1.54) is 0 Å². The molecule has 0 radical (unpaired) electrons. The summed E-state index contributed by atoms with van der Waals surface area (Å²) < 4.78 is 5.75. The number of ether oxygens (including phenoxy) is 1. The third kappa shape index (κ3) is 4.65. The van der Waals surface area contributed by atoms with Crippen LogP contribution >= 0.6 is 11.6 Å². The number of benzene rings is 1. The van der Waals surface area contributed by atoms with Crippen molar-refractivity contribution in [3.8, 4) is 0 Å². The molecule has 84 valence electrons. The average Bonchev–Trinajstić information content (AvgIpc) is 2.24. The molecule has 0 aliphatic rings. The molecule has 1 aromatic rings. The minimum atomic E-state index is 0.272. The van der Waals surface area contributed by atoms with Gasteiger partial charge in [0.1, 0.15) is 0 Å². The van der Waals surface area contributed by atoms with E-state index in [1.807, 2.05) is 31.3 Å². The summed E-state index contributed by atoms with van der Waals surface area (Å²) in [5, 5.41) is 3.88. The van der Waals surface area contributed by atoms with Crippen LogP contribution in [-0.2, 0) is 11.3 Å². The summed E-state index contributed by atoms with van der Waals surface area (Å²) in [5.74, 6) is 0. The van der Waals surface area contributed by atoms with Crippen molar-refractivity contribution in [3.63, 3.8) is 0 Å². The SMILES string of the molecule is CCC(CNC)OCc1cccc(Cl)c1. The van der Waals surface area contributed by atoms with Gasteiger partial charge in [-0.05, 0) is 31.2 Å². The molecular weight excluding hydrogens is 210 g/mol. The summed E-state index contributed by atoms with van der Waals surface area (Å²) in [6.45, 7) is 3.64. The highest BCUT2D eigenvalue weighted by Crippen LogP contribution is 2.12. The molecular formula is C12H18ClNO. The Morgan fingerprint density at radius 3 is 2.87 bits per heavy atom. The first-order valence-electron chi connectivity index (χ1n) is 5.27. The lowest BCUT2D eigenvalue weighted by atomic mass is 10.2. The lowest BCUT2D eigenvalue weighted by Crippen LogP contribution is -2.25. The summed E-state index contributed by atoms with van der Waals surface area (Å²) in [6, 6.07) is 7.78. The van der Waals surface area contributed by atoms with Crippen molar-refractivity contribution in [2.75, 3.05) is 13.6 Å². The van der Waals surface area contributed by atoms with Gasteiger partial charge >= 0.3 is 0 Å². The Hall–Kier alpha value is -0.570. The quantitative estimate of drug-likeness (QED) is 0.807. The molecule has 1 aromatic carbocycles. The van der Waals surface area contributed by atoms with Crippen LogP contribution in [0.15, 0.2) is 24.3 Å². The van der Waals surface area contributed by atoms with E-state index >= 15 is 0 Å². The van der Waals surface area contributed by atoms with E-state index in [0.717, 1.165) is 23.6 Å². The molecule has 0 aliphatic heterocycles. The predicted molar refractivity (Wildman–Crippen MR) is 64.2 cm³/mol. The molecule has 0 spiro atoms. The first kappa shape index (κ1) is 12.5. The fourth-order valence-electron chi connectivity index (χ4n) is 1.39. The first-order chi connectivity index (χ1) is 7.26. The van der Waals surface area contributed by atoms with Gasteiger partial charge in [0.25, 0.3) is 0 Å². The van der Waals surface area contributed by atoms with E-state index in [-0.39, 0.29) is 6.10 Å². The van der Waals surface area contributed by atoms with Crippen LogP contribution in [0.5, 0.6) is 0 Å². The van der Waals surface area contributed by atoms with Gasteiger partial charge in [-0.15, -0.1) is 0 Å². The molecule has 1 atom stereocenters. The van der Waals surface area contributed by atoms with Crippen LogP contribution in [0, 0.1) is 0 Å². The maximum Gasteiger partial charge on any atom is 0.0721 e. The second kappa shape index (κ2) is 6.83. The first-order valence-corrected chi connectivity index (χ1v) is 5.64. The Balaban J connectivity index is 2.41. The van der Waals surface area contributed by atoms with E-state index in [1.54, 1.807) is 0 Å². The standard InChI is InChI=1S/C12H18ClNO/c1-3-12(8-14-2)15-9-10-5-4-6-11(13)7-10/h4-7,12,14H,3,8-9H2,1-2H3. The van der Waals surface area contributed by atoms with Gasteiger partial charge in [0, 0.05) is 11.6 Å². The fraction of sp³-hybridized carbons (Fsp3) is 0.500. The molecule has 2 nitrogen and oxygen atoms in total. The molecule has 0 saturated carbocycles. The topological polar surface area (TPSA) is 21.3 Å². The monoisotopic (exact) mass is 227 g/mol. The molecule has 0 aliphatic carbocycles. The van der Waals surface area contributed by atoms with E-state index in [4.69, 9.17) is 16.3 Å². The molecule has 15 heavy (non-hydrogen) atoms. The summed E-state index contributed by atoms with van der Waals surface area (Å²) in [6.07, 6.45) is 1.29. The van der Waals surface area contributed by atoms with Crippen molar-refractivity contribution in [2.45, 2.75) is 26.1 Å². The van der Waals surface area contributed by atoms with Gasteiger partial charge in [-0.2, -0.15) is 0 Å². The van der Waals surface area contributed by atoms with Gasteiger partial charge in [0.2, 0.25) is 0 Å². The molecule has 1 rings (SSSR count). The Labute approximate surface area is 96.6 Å². The van der Waals surface area contributed by atoms with Gasteiger partial charge in [0.05, 0.1) is 12.7 Å². The van der Waals surface area contributed by atoms with E-state index in [2.05, 4.69) is 12.2 Å². The minimum absolute atomic E-state index is 0.272. The van der Waals surface area contributed by atoms with E-state index in [0.29, 0.717) is 6.61 Å². The predicted octanol–water partition coefficient (Wildman–Crippen LogP) is 2.85. The summed E-state index contributed by atoms with van der Waals surface area (Å²) in [5.41, 5.74) is 1.12.